The van der Waals surface area contributed by atoms with E-state index in [9.17, 15) is 9.18 Å². The van der Waals surface area contributed by atoms with E-state index in [-0.39, 0.29) is 11.6 Å². The number of carbonyl (C=O) groups excluding carboxylic acids is 1. The van der Waals surface area contributed by atoms with E-state index in [1.807, 2.05) is 6.92 Å². The molecule has 0 saturated heterocycles. The average Bonchev–Trinajstić information content (AvgIpc) is 2.74. The van der Waals surface area contributed by atoms with E-state index < -0.39 is 5.82 Å². The molecule has 0 unspecified atom stereocenters. The van der Waals surface area contributed by atoms with Crippen LogP contribution in [0.3, 0.4) is 0 Å². The summed E-state index contributed by atoms with van der Waals surface area (Å²) >= 11 is 3.16. The Morgan fingerprint density at radius 1 is 1.47 bits per heavy atom. The monoisotopic (exact) mass is 325 g/mol. The zero-order chi connectivity index (χ0) is 14.0. The van der Waals surface area contributed by atoms with Gasteiger partial charge in [-0.3, -0.25) is 4.79 Å². The molecule has 0 aliphatic carbocycles. The molecule has 1 aromatic carbocycles. The molecule has 100 valence electrons. The molecule has 0 bridgehead atoms. The Morgan fingerprint density at radius 3 is 2.84 bits per heavy atom. The van der Waals surface area contributed by atoms with Crippen molar-refractivity contribution in [2.75, 3.05) is 11.1 Å². The largest absolute Gasteiger partial charge is 0.397 e. The minimum absolute atomic E-state index is 0.135. The van der Waals surface area contributed by atoms with Gasteiger partial charge in [0.1, 0.15) is 11.5 Å². The summed E-state index contributed by atoms with van der Waals surface area (Å²) in [7, 11) is 0. The fourth-order valence-corrected chi connectivity index (χ4v) is 2.10. The third-order valence-corrected chi connectivity index (χ3v) is 3.16. The highest BCUT2D eigenvalue weighted by atomic mass is 79.9. The van der Waals surface area contributed by atoms with Crippen LogP contribution in [0.1, 0.15) is 17.4 Å². The van der Waals surface area contributed by atoms with E-state index in [1.165, 1.54) is 12.1 Å². The van der Waals surface area contributed by atoms with Crippen molar-refractivity contribution in [1.82, 2.24) is 4.57 Å². The summed E-state index contributed by atoms with van der Waals surface area (Å²) < 4.78 is 16.0. The third kappa shape index (κ3) is 2.96. The van der Waals surface area contributed by atoms with Crippen LogP contribution >= 0.6 is 15.9 Å². The molecule has 19 heavy (non-hydrogen) atoms. The molecular weight excluding hydrogens is 313 g/mol. The van der Waals surface area contributed by atoms with E-state index in [0.717, 1.165) is 0 Å². The topological polar surface area (TPSA) is 60.0 Å². The van der Waals surface area contributed by atoms with Crippen LogP contribution in [0.4, 0.5) is 15.8 Å². The standard InChI is InChI=1S/C13H13BrFN3O/c1-2-18-7-9(16)6-12(18)13(19)17-11-4-3-8(14)5-10(11)15/h3-7H,2,16H2,1H3,(H,17,19). The summed E-state index contributed by atoms with van der Waals surface area (Å²) in [5, 5.41) is 2.53. The maximum atomic E-state index is 13.6. The molecule has 0 aliphatic rings. The van der Waals surface area contributed by atoms with E-state index in [0.29, 0.717) is 22.4 Å². The Labute approximate surface area is 118 Å². The van der Waals surface area contributed by atoms with Crippen LogP contribution in [0.15, 0.2) is 34.9 Å². The lowest BCUT2D eigenvalue weighted by molar-refractivity contribution is 0.101. The highest BCUT2D eigenvalue weighted by molar-refractivity contribution is 9.10. The molecule has 1 aromatic heterocycles. The molecule has 0 saturated carbocycles. The predicted octanol–water partition coefficient (Wildman–Crippen LogP) is 3.24. The second-order valence-corrected chi connectivity index (χ2v) is 4.94. The Morgan fingerprint density at radius 2 is 2.21 bits per heavy atom. The van der Waals surface area contributed by atoms with Crippen molar-refractivity contribution in [3.63, 3.8) is 0 Å². The lowest BCUT2D eigenvalue weighted by Crippen LogP contribution is -2.17. The lowest BCUT2D eigenvalue weighted by Gasteiger charge is -2.08. The van der Waals surface area contributed by atoms with Crippen LogP contribution in [0, 0.1) is 5.82 Å². The van der Waals surface area contributed by atoms with Gasteiger partial charge in [0.25, 0.3) is 5.91 Å². The van der Waals surface area contributed by atoms with Gasteiger partial charge in [-0.2, -0.15) is 0 Å². The van der Waals surface area contributed by atoms with Gasteiger partial charge in [0.2, 0.25) is 0 Å². The summed E-state index contributed by atoms with van der Waals surface area (Å²) in [5.41, 5.74) is 6.70. The Bertz CT molecular complexity index is 624. The number of nitrogen functional groups attached to an aromatic ring is 1. The van der Waals surface area contributed by atoms with E-state index in [4.69, 9.17) is 5.73 Å². The average molecular weight is 326 g/mol. The Kier molecular flexibility index (Phi) is 3.90. The summed E-state index contributed by atoms with van der Waals surface area (Å²) in [6.07, 6.45) is 1.67. The van der Waals surface area contributed by atoms with Crippen LogP contribution in [0.5, 0.6) is 0 Å². The Balaban J connectivity index is 2.25. The third-order valence-electron chi connectivity index (χ3n) is 2.67. The van der Waals surface area contributed by atoms with E-state index in [1.54, 1.807) is 22.9 Å². The molecule has 2 aromatic rings. The van der Waals surface area contributed by atoms with Crippen LogP contribution in [-0.2, 0) is 6.54 Å². The Hall–Kier alpha value is -1.82. The van der Waals surface area contributed by atoms with Crippen molar-refractivity contribution in [2.24, 2.45) is 0 Å². The summed E-state index contributed by atoms with van der Waals surface area (Å²) in [6, 6.07) is 6.02. The molecule has 0 fully saturated rings. The predicted molar refractivity (Wildman–Crippen MR) is 76.6 cm³/mol. The SMILES string of the molecule is CCn1cc(N)cc1C(=O)Nc1ccc(Br)cc1F. The molecule has 1 heterocycles. The van der Waals surface area contributed by atoms with Gasteiger partial charge in [-0.25, -0.2) is 4.39 Å². The highest BCUT2D eigenvalue weighted by Crippen LogP contribution is 2.20. The summed E-state index contributed by atoms with van der Waals surface area (Å²) in [6.45, 7) is 2.51. The number of halogens is 2. The van der Waals surface area contributed by atoms with Gasteiger partial charge in [-0.05, 0) is 31.2 Å². The number of nitrogens with one attached hydrogen (secondary N) is 1. The van der Waals surface area contributed by atoms with Crippen molar-refractivity contribution < 1.29 is 9.18 Å². The van der Waals surface area contributed by atoms with Gasteiger partial charge < -0.3 is 15.6 Å². The van der Waals surface area contributed by atoms with Crippen LogP contribution in [0.2, 0.25) is 0 Å². The molecule has 0 radical (unpaired) electrons. The van der Waals surface area contributed by atoms with E-state index in [2.05, 4.69) is 21.2 Å². The molecule has 3 N–H and O–H groups in total. The number of aryl methyl sites for hydroxylation is 1. The number of benzene rings is 1. The quantitative estimate of drug-likeness (QED) is 0.910. The molecule has 2 rings (SSSR count). The number of anilines is 2. The maximum absolute atomic E-state index is 13.6. The number of amides is 1. The molecule has 1 amide bonds. The zero-order valence-electron chi connectivity index (χ0n) is 10.3. The van der Waals surface area contributed by atoms with Gasteiger partial charge in [-0.1, -0.05) is 15.9 Å². The van der Waals surface area contributed by atoms with Crippen molar-refractivity contribution in [1.29, 1.82) is 0 Å². The number of hydrogen-bond acceptors (Lipinski definition) is 2. The number of nitrogens with two attached hydrogens (primary N) is 1. The van der Waals surface area contributed by atoms with Crippen LogP contribution in [0.25, 0.3) is 0 Å². The summed E-state index contributed by atoms with van der Waals surface area (Å²) in [4.78, 5) is 12.1. The van der Waals surface area contributed by atoms with Crippen LogP contribution < -0.4 is 11.1 Å². The van der Waals surface area contributed by atoms with E-state index >= 15 is 0 Å². The highest BCUT2D eigenvalue weighted by Gasteiger charge is 2.14. The normalized spacial score (nSPS) is 10.5. The second-order valence-electron chi connectivity index (χ2n) is 4.02. The molecule has 0 atom stereocenters. The minimum atomic E-state index is -0.495. The fraction of sp³-hybridized carbons (Fsp3) is 0.154. The fourth-order valence-electron chi connectivity index (χ4n) is 1.76. The van der Waals surface area contributed by atoms with Gasteiger partial charge >= 0.3 is 0 Å². The molecular formula is C13H13BrFN3O. The molecule has 0 spiro atoms. The van der Waals surface area contributed by atoms with Crippen LogP contribution in [-0.4, -0.2) is 10.5 Å². The van der Waals surface area contributed by atoms with Crippen molar-refractivity contribution in [3.05, 3.63) is 46.4 Å². The second kappa shape index (κ2) is 5.44. The van der Waals surface area contributed by atoms with Gasteiger partial charge in [-0.15, -0.1) is 0 Å². The van der Waals surface area contributed by atoms with Gasteiger partial charge in [0, 0.05) is 17.2 Å². The molecule has 4 nitrogen and oxygen atoms in total. The first-order chi connectivity index (χ1) is 9.01. The number of nitrogens with zero attached hydrogens (tertiary/aromatic N) is 1. The number of aromatic nitrogens is 1. The lowest BCUT2D eigenvalue weighted by atomic mass is 10.3. The van der Waals surface area contributed by atoms with Crippen molar-refractivity contribution in [3.8, 4) is 0 Å². The first-order valence-corrected chi connectivity index (χ1v) is 6.52. The van der Waals surface area contributed by atoms with Crippen molar-refractivity contribution in [2.45, 2.75) is 13.5 Å². The van der Waals surface area contributed by atoms with Gasteiger partial charge in [0.15, 0.2) is 0 Å². The minimum Gasteiger partial charge on any atom is -0.397 e. The van der Waals surface area contributed by atoms with Gasteiger partial charge in [0.05, 0.1) is 11.4 Å². The molecule has 0 aliphatic heterocycles. The first-order valence-electron chi connectivity index (χ1n) is 5.73. The summed E-state index contributed by atoms with van der Waals surface area (Å²) in [5.74, 6) is -0.884. The number of carbonyl (C=O) groups is 1. The number of rotatable bonds is 3. The zero-order valence-corrected chi connectivity index (χ0v) is 11.9. The smallest absolute Gasteiger partial charge is 0.272 e. The first kappa shape index (κ1) is 13.6. The maximum Gasteiger partial charge on any atom is 0.272 e. The molecule has 6 heteroatoms. The number of hydrogen-bond donors (Lipinski definition) is 2. The van der Waals surface area contributed by atoms with Crippen molar-refractivity contribution >= 4 is 33.2 Å².